The van der Waals surface area contributed by atoms with Crippen LogP contribution in [-0.4, -0.2) is 5.97 Å². The first-order chi connectivity index (χ1) is 10.1. The van der Waals surface area contributed by atoms with Crippen molar-refractivity contribution in [1.29, 1.82) is 0 Å². The van der Waals surface area contributed by atoms with Crippen LogP contribution in [0.5, 0.6) is 5.75 Å². The van der Waals surface area contributed by atoms with Crippen LogP contribution in [0.2, 0.25) is 5.02 Å². The van der Waals surface area contributed by atoms with E-state index < -0.39 is 0 Å². The largest absolute Gasteiger partial charge is 0.489 e. The molecule has 0 aliphatic heterocycles. The molecule has 5 heteroatoms. The molecule has 2 aromatic carbocycles. The Labute approximate surface area is 128 Å². The topological polar surface area (TPSA) is 47.6 Å². The van der Waals surface area contributed by atoms with Crippen molar-refractivity contribution in [2.75, 3.05) is 0 Å². The van der Waals surface area contributed by atoms with E-state index in [2.05, 4.69) is 10.3 Å². The molecule has 0 radical (unpaired) electrons. The van der Waals surface area contributed by atoms with Crippen LogP contribution in [0.15, 0.2) is 48.5 Å². The van der Waals surface area contributed by atoms with Gasteiger partial charge in [-0.1, -0.05) is 35.9 Å². The van der Waals surface area contributed by atoms with Crippen LogP contribution in [0, 0.1) is 0 Å². The van der Waals surface area contributed by atoms with E-state index in [9.17, 15) is 4.79 Å². The van der Waals surface area contributed by atoms with Gasteiger partial charge in [0, 0.05) is 11.9 Å². The van der Waals surface area contributed by atoms with Crippen molar-refractivity contribution in [2.24, 2.45) is 0 Å². The number of hydrogen-bond acceptors (Lipinski definition) is 4. The molecule has 4 nitrogen and oxygen atoms in total. The first-order valence-electron chi connectivity index (χ1n) is 6.50. The predicted octanol–water partition coefficient (Wildman–Crippen LogP) is 3.49. The second-order valence-electron chi connectivity index (χ2n) is 4.48. The molecule has 0 aliphatic carbocycles. The lowest BCUT2D eigenvalue weighted by Gasteiger charge is -2.08. The summed E-state index contributed by atoms with van der Waals surface area (Å²) in [7, 11) is 0. The Morgan fingerprint density at radius 2 is 1.90 bits per heavy atom. The molecule has 0 aromatic heterocycles. The summed E-state index contributed by atoms with van der Waals surface area (Å²) in [5.74, 6) is 0.405. The summed E-state index contributed by atoms with van der Waals surface area (Å²) in [6.45, 7) is 2.26. The van der Waals surface area contributed by atoms with Gasteiger partial charge in [0.2, 0.25) is 0 Å². The van der Waals surface area contributed by atoms with Gasteiger partial charge < -0.3 is 9.57 Å². The molecule has 2 rings (SSSR count). The smallest absolute Gasteiger partial charge is 0.321 e. The van der Waals surface area contributed by atoms with Crippen molar-refractivity contribution in [3.63, 3.8) is 0 Å². The summed E-state index contributed by atoms with van der Waals surface area (Å²) in [4.78, 5) is 15.3. The molecule has 0 aliphatic rings. The molecule has 0 unspecified atom stereocenters. The first kappa shape index (κ1) is 15.4. The molecule has 0 saturated heterocycles. The average molecular weight is 306 g/mol. The van der Waals surface area contributed by atoms with E-state index in [1.54, 1.807) is 0 Å². The SMILES string of the molecule is CC(=O)ONCc1ccc(OCc2cccc(Cl)c2)cc1. The molecule has 1 N–H and O–H groups in total. The van der Waals surface area contributed by atoms with Gasteiger partial charge in [-0.3, -0.25) is 4.79 Å². The van der Waals surface area contributed by atoms with Gasteiger partial charge in [-0.15, -0.1) is 5.48 Å². The van der Waals surface area contributed by atoms with E-state index in [4.69, 9.17) is 16.3 Å². The normalized spacial score (nSPS) is 10.2. The maximum Gasteiger partial charge on any atom is 0.321 e. The number of nitrogens with one attached hydrogen (secondary N) is 1. The average Bonchev–Trinajstić information content (AvgIpc) is 2.46. The Balaban J connectivity index is 1.83. The number of benzene rings is 2. The minimum Gasteiger partial charge on any atom is -0.489 e. The molecule has 21 heavy (non-hydrogen) atoms. The van der Waals surface area contributed by atoms with Crippen LogP contribution >= 0.6 is 11.6 Å². The monoisotopic (exact) mass is 305 g/mol. The second kappa shape index (κ2) is 7.67. The van der Waals surface area contributed by atoms with E-state index >= 15 is 0 Å². The quantitative estimate of drug-likeness (QED) is 0.830. The Bertz CT molecular complexity index is 599. The molecule has 2 aromatic rings. The van der Waals surface area contributed by atoms with Gasteiger partial charge in [-0.05, 0) is 35.4 Å². The van der Waals surface area contributed by atoms with Gasteiger partial charge in [0.05, 0.1) is 6.54 Å². The Hall–Kier alpha value is -2.04. The maximum atomic E-state index is 10.6. The lowest BCUT2D eigenvalue weighted by molar-refractivity contribution is -0.148. The molecule has 0 atom stereocenters. The second-order valence-corrected chi connectivity index (χ2v) is 4.91. The molecular formula is C16H16ClNO3. The lowest BCUT2D eigenvalue weighted by Crippen LogP contribution is -2.17. The van der Waals surface area contributed by atoms with Gasteiger partial charge in [0.15, 0.2) is 0 Å². The highest BCUT2D eigenvalue weighted by Gasteiger charge is 1.99. The number of halogens is 1. The third-order valence-corrected chi connectivity index (χ3v) is 2.95. The standard InChI is InChI=1S/C16H16ClNO3/c1-12(19)21-18-10-13-5-7-16(8-6-13)20-11-14-3-2-4-15(17)9-14/h2-9,18H,10-11H2,1H3. The fourth-order valence-corrected chi connectivity index (χ4v) is 1.93. The van der Waals surface area contributed by atoms with Gasteiger partial charge >= 0.3 is 5.97 Å². The number of hydroxylamine groups is 1. The summed E-state index contributed by atoms with van der Waals surface area (Å²) in [5.41, 5.74) is 4.59. The Kier molecular flexibility index (Phi) is 5.60. The molecular weight excluding hydrogens is 290 g/mol. The van der Waals surface area contributed by atoms with Crippen LogP contribution in [0.1, 0.15) is 18.1 Å². The predicted molar refractivity (Wildman–Crippen MR) is 80.8 cm³/mol. The molecule has 0 spiro atoms. The van der Waals surface area contributed by atoms with Crippen molar-refractivity contribution in [3.05, 3.63) is 64.7 Å². The van der Waals surface area contributed by atoms with Gasteiger partial charge in [0.1, 0.15) is 12.4 Å². The third-order valence-electron chi connectivity index (χ3n) is 2.71. The fourth-order valence-electron chi connectivity index (χ4n) is 1.72. The lowest BCUT2D eigenvalue weighted by atomic mass is 10.2. The number of carbonyl (C=O) groups excluding carboxylic acids is 1. The fraction of sp³-hybridized carbons (Fsp3) is 0.188. The van der Waals surface area contributed by atoms with Crippen molar-refractivity contribution in [3.8, 4) is 5.75 Å². The van der Waals surface area contributed by atoms with Crippen molar-refractivity contribution in [2.45, 2.75) is 20.1 Å². The Morgan fingerprint density at radius 3 is 2.57 bits per heavy atom. The van der Waals surface area contributed by atoms with E-state index in [0.29, 0.717) is 18.2 Å². The minimum atomic E-state index is -0.364. The van der Waals surface area contributed by atoms with Crippen LogP contribution in [0.3, 0.4) is 0 Å². The number of carbonyl (C=O) groups is 1. The molecule has 0 fully saturated rings. The van der Waals surface area contributed by atoms with Crippen LogP contribution < -0.4 is 10.2 Å². The highest BCUT2D eigenvalue weighted by Crippen LogP contribution is 2.16. The highest BCUT2D eigenvalue weighted by molar-refractivity contribution is 6.30. The van der Waals surface area contributed by atoms with E-state index in [1.165, 1.54) is 6.92 Å². The van der Waals surface area contributed by atoms with Crippen LogP contribution in [0.25, 0.3) is 0 Å². The van der Waals surface area contributed by atoms with Crippen molar-refractivity contribution < 1.29 is 14.4 Å². The van der Waals surface area contributed by atoms with Gasteiger partial charge in [-0.2, -0.15) is 0 Å². The number of rotatable bonds is 6. The summed E-state index contributed by atoms with van der Waals surface area (Å²) in [6, 6.07) is 15.1. The minimum absolute atomic E-state index is 0.364. The van der Waals surface area contributed by atoms with E-state index in [-0.39, 0.29) is 5.97 Å². The summed E-state index contributed by atoms with van der Waals surface area (Å²) in [5, 5.41) is 0.697. The van der Waals surface area contributed by atoms with E-state index in [1.807, 2.05) is 48.5 Å². The summed E-state index contributed by atoms with van der Waals surface area (Å²) >= 11 is 5.92. The zero-order valence-electron chi connectivity index (χ0n) is 11.6. The zero-order valence-corrected chi connectivity index (χ0v) is 12.4. The van der Waals surface area contributed by atoms with Gasteiger partial charge in [0.25, 0.3) is 0 Å². The van der Waals surface area contributed by atoms with Crippen molar-refractivity contribution in [1.82, 2.24) is 5.48 Å². The number of hydrogen-bond donors (Lipinski definition) is 1. The zero-order chi connectivity index (χ0) is 15.1. The molecule has 0 saturated carbocycles. The maximum absolute atomic E-state index is 10.6. The molecule has 0 heterocycles. The third kappa shape index (κ3) is 5.45. The molecule has 0 amide bonds. The Morgan fingerprint density at radius 1 is 1.14 bits per heavy atom. The molecule has 110 valence electrons. The van der Waals surface area contributed by atoms with E-state index in [0.717, 1.165) is 16.9 Å². The summed E-state index contributed by atoms with van der Waals surface area (Å²) in [6.07, 6.45) is 0. The number of ether oxygens (including phenoxy) is 1. The molecule has 0 bridgehead atoms. The summed E-state index contributed by atoms with van der Waals surface area (Å²) < 4.78 is 5.68. The first-order valence-corrected chi connectivity index (χ1v) is 6.88. The van der Waals surface area contributed by atoms with Crippen LogP contribution in [-0.2, 0) is 22.8 Å². The highest BCUT2D eigenvalue weighted by atomic mass is 35.5. The van der Waals surface area contributed by atoms with Crippen molar-refractivity contribution >= 4 is 17.6 Å². The van der Waals surface area contributed by atoms with Crippen LogP contribution in [0.4, 0.5) is 0 Å². The van der Waals surface area contributed by atoms with Gasteiger partial charge in [-0.25, -0.2) is 0 Å².